The van der Waals surface area contributed by atoms with E-state index in [-0.39, 0.29) is 18.4 Å². The van der Waals surface area contributed by atoms with Crippen LogP contribution in [0.15, 0.2) is 34.7 Å². The van der Waals surface area contributed by atoms with E-state index < -0.39 is 0 Å². The van der Waals surface area contributed by atoms with E-state index in [4.69, 9.17) is 9.15 Å². The Balaban J connectivity index is 2.05. The predicted octanol–water partition coefficient (Wildman–Crippen LogP) is 3.01. The first kappa shape index (κ1) is 17.6. The van der Waals surface area contributed by atoms with Gasteiger partial charge in [-0.1, -0.05) is 6.07 Å². The van der Waals surface area contributed by atoms with Gasteiger partial charge >= 0.3 is 0 Å². The molecule has 6 heteroatoms. The van der Waals surface area contributed by atoms with Crippen LogP contribution in [-0.2, 0) is 4.79 Å². The van der Waals surface area contributed by atoms with Crippen molar-refractivity contribution in [2.75, 3.05) is 25.5 Å². The Bertz CT molecular complexity index is 736. The quantitative estimate of drug-likeness (QED) is 0.884. The normalized spacial score (nSPS) is 10.3. The zero-order valence-electron chi connectivity index (χ0n) is 14.4. The van der Waals surface area contributed by atoms with Gasteiger partial charge in [-0.15, -0.1) is 0 Å². The van der Waals surface area contributed by atoms with Gasteiger partial charge in [0, 0.05) is 18.3 Å². The van der Waals surface area contributed by atoms with Gasteiger partial charge in [0.2, 0.25) is 5.91 Å². The lowest BCUT2D eigenvalue weighted by Gasteiger charge is -2.20. The van der Waals surface area contributed by atoms with Crippen molar-refractivity contribution in [2.24, 2.45) is 0 Å². The molecule has 2 amide bonds. The average Bonchev–Trinajstić information content (AvgIpc) is 2.90. The van der Waals surface area contributed by atoms with Gasteiger partial charge in [0.25, 0.3) is 5.91 Å². The zero-order chi connectivity index (χ0) is 17.7. The molecule has 1 aromatic heterocycles. The van der Waals surface area contributed by atoms with E-state index >= 15 is 0 Å². The number of hydrogen-bond acceptors (Lipinski definition) is 4. The molecule has 0 unspecified atom stereocenters. The van der Waals surface area contributed by atoms with Crippen LogP contribution in [0.2, 0.25) is 0 Å². The maximum absolute atomic E-state index is 12.6. The Morgan fingerprint density at radius 2 is 2.00 bits per heavy atom. The number of amides is 2. The number of hydrogen-bond donors (Lipinski definition) is 1. The van der Waals surface area contributed by atoms with Crippen molar-refractivity contribution in [3.05, 3.63) is 47.4 Å². The van der Waals surface area contributed by atoms with Gasteiger partial charge in [0.05, 0.1) is 12.7 Å². The van der Waals surface area contributed by atoms with Crippen LogP contribution in [0.5, 0.6) is 5.75 Å². The molecule has 0 atom stereocenters. The van der Waals surface area contributed by atoms with E-state index in [1.807, 2.05) is 6.92 Å². The fraction of sp³-hybridized carbons (Fsp3) is 0.333. The Morgan fingerprint density at radius 1 is 1.25 bits per heavy atom. The lowest BCUT2D eigenvalue weighted by molar-refractivity contribution is -0.116. The van der Waals surface area contributed by atoms with Crippen LogP contribution in [0.3, 0.4) is 0 Å². The maximum atomic E-state index is 12.6. The first-order valence-corrected chi connectivity index (χ1v) is 7.74. The summed E-state index contributed by atoms with van der Waals surface area (Å²) in [5, 5.41) is 2.77. The number of ether oxygens (including phenoxy) is 1. The molecule has 0 bridgehead atoms. The molecule has 0 aliphatic carbocycles. The third-order valence-electron chi connectivity index (χ3n) is 3.63. The first-order chi connectivity index (χ1) is 11.4. The molecule has 6 nitrogen and oxygen atoms in total. The Morgan fingerprint density at radius 3 is 2.58 bits per heavy atom. The second kappa shape index (κ2) is 7.68. The largest absolute Gasteiger partial charge is 0.497 e. The van der Waals surface area contributed by atoms with Crippen molar-refractivity contribution >= 4 is 17.5 Å². The van der Waals surface area contributed by atoms with Crippen LogP contribution < -0.4 is 10.1 Å². The standard InChI is InChI=1S/C18H22N2O4/c1-5-20(18(22)16-9-12(2)24-13(16)3)11-17(21)19-14-7-6-8-15(10-14)23-4/h6-10H,5,11H2,1-4H3,(H,19,21). The van der Waals surface area contributed by atoms with Gasteiger partial charge in [0.1, 0.15) is 23.8 Å². The molecule has 1 N–H and O–H groups in total. The molecule has 0 saturated heterocycles. The van der Waals surface area contributed by atoms with Crippen molar-refractivity contribution in [1.82, 2.24) is 4.90 Å². The summed E-state index contributed by atoms with van der Waals surface area (Å²) in [6.07, 6.45) is 0. The van der Waals surface area contributed by atoms with E-state index in [9.17, 15) is 9.59 Å². The number of methoxy groups -OCH3 is 1. The molecule has 0 fully saturated rings. The van der Waals surface area contributed by atoms with Crippen molar-refractivity contribution < 1.29 is 18.7 Å². The number of likely N-dealkylation sites (N-methyl/N-ethyl adjacent to an activating group) is 1. The molecule has 128 valence electrons. The lowest BCUT2D eigenvalue weighted by Crippen LogP contribution is -2.38. The van der Waals surface area contributed by atoms with Crippen LogP contribution in [0.1, 0.15) is 28.8 Å². The molecule has 1 heterocycles. The fourth-order valence-electron chi connectivity index (χ4n) is 2.42. The summed E-state index contributed by atoms with van der Waals surface area (Å²) in [6.45, 7) is 5.75. The number of nitrogens with zero attached hydrogens (tertiary/aromatic N) is 1. The average molecular weight is 330 g/mol. The minimum Gasteiger partial charge on any atom is -0.497 e. The third kappa shape index (κ3) is 4.16. The summed E-state index contributed by atoms with van der Waals surface area (Å²) in [6, 6.07) is 8.76. The van der Waals surface area contributed by atoms with Crippen molar-refractivity contribution in [3.63, 3.8) is 0 Å². The SMILES string of the molecule is CCN(CC(=O)Nc1cccc(OC)c1)C(=O)c1cc(C)oc1C. The number of rotatable bonds is 6. The van der Waals surface area contributed by atoms with Gasteiger partial charge in [-0.25, -0.2) is 0 Å². The van der Waals surface area contributed by atoms with E-state index in [1.165, 1.54) is 4.90 Å². The summed E-state index contributed by atoms with van der Waals surface area (Å²) >= 11 is 0. The van der Waals surface area contributed by atoms with Crippen LogP contribution in [0.25, 0.3) is 0 Å². The Labute approximate surface area is 141 Å². The summed E-state index contributed by atoms with van der Waals surface area (Å²) in [5.41, 5.74) is 1.11. The van der Waals surface area contributed by atoms with Gasteiger partial charge in [-0.05, 0) is 39.0 Å². The number of anilines is 1. The number of aryl methyl sites for hydroxylation is 2. The van der Waals surface area contributed by atoms with Crippen molar-refractivity contribution in [2.45, 2.75) is 20.8 Å². The second-order valence-corrected chi connectivity index (χ2v) is 5.43. The highest BCUT2D eigenvalue weighted by molar-refractivity contribution is 6.00. The molecule has 2 aromatic rings. The number of nitrogens with one attached hydrogen (secondary N) is 1. The summed E-state index contributed by atoms with van der Waals surface area (Å²) in [5.74, 6) is 1.40. The molecule has 0 saturated carbocycles. The topological polar surface area (TPSA) is 71.8 Å². The number of carbonyl (C=O) groups excluding carboxylic acids is 2. The molecule has 1 aromatic carbocycles. The Hall–Kier alpha value is -2.76. The number of carbonyl (C=O) groups is 2. The van der Waals surface area contributed by atoms with Crippen LogP contribution in [0.4, 0.5) is 5.69 Å². The highest BCUT2D eigenvalue weighted by atomic mass is 16.5. The lowest BCUT2D eigenvalue weighted by atomic mass is 10.2. The van der Waals surface area contributed by atoms with E-state index in [0.29, 0.717) is 35.1 Å². The molecular formula is C18H22N2O4. The highest BCUT2D eigenvalue weighted by Crippen LogP contribution is 2.18. The zero-order valence-corrected chi connectivity index (χ0v) is 14.4. The second-order valence-electron chi connectivity index (χ2n) is 5.43. The first-order valence-electron chi connectivity index (χ1n) is 7.74. The van der Waals surface area contributed by atoms with Crippen molar-refractivity contribution in [1.29, 1.82) is 0 Å². The minimum atomic E-state index is -0.267. The third-order valence-corrected chi connectivity index (χ3v) is 3.63. The van der Waals surface area contributed by atoms with Gasteiger partial charge in [0.15, 0.2) is 0 Å². The van der Waals surface area contributed by atoms with E-state index in [0.717, 1.165) is 0 Å². The Kier molecular flexibility index (Phi) is 5.63. The molecule has 0 aliphatic heterocycles. The van der Waals surface area contributed by atoms with Crippen LogP contribution in [-0.4, -0.2) is 36.9 Å². The maximum Gasteiger partial charge on any atom is 0.257 e. The van der Waals surface area contributed by atoms with Gasteiger partial charge in [-0.3, -0.25) is 9.59 Å². The van der Waals surface area contributed by atoms with E-state index in [2.05, 4.69) is 5.32 Å². The molecule has 0 radical (unpaired) electrons. The molecule has 0 spiro atoms. The highest BCUT2D eigenvalue weighted by Gasteiger charge is 2.21. The summed E-state index contributed by atoms with van der Waals surface area (Å²) in [7, 11) is 1.56. The predicted molar refractivity (Wildman–Crippen MR) is 91.4 cm³/mol. The van der Waals surface area contributed by atoms with Gasteiger partial charge < -0.3 is 19.4 Å². The summed E-state index contributed by atoms with van der Waals surface area (Å²) in [4.78, 5) is 26.3. The monoisotopic (exact) mass is 330 g/mol. The van der Waals surface area contributed by atoms with Gasteiger partial charge in [-0.2, -0.15) is 0 Å². The van der Waals surface area contributed by atoms with E-state index in [1.54, 1.807) is 51.3 Å². The number of benzene rings is 1. The fourth-order valence-corrected chi connectivity index (χ4v) is 2.42. The molecule has 24 heavy (non-hydrogen) atoms. The smallest absolute Gasteiger partial charge is 0.257 e. The summed E-state index contributed by atoms with van der Waals surface area (Å²) < 4.78 is 10.5. The molecule has 0 aliphatic rings. The number of furan rings is 1. The van der Waals surface area contributed by atoms with Crippen LogP contribution >= 0.6 is 0 Å². The molecular weight excluding hydrogens is 308 g/mol. The molecule has 2 rings (SSSR count). The van der Waals surface area contributed by atoms with Crippen molar-refractivity contribution in [3.8, 4) is 5.75 Å². The minimum absolute atomic E-state index is 0.0315. The van der Waals surface area contributed by atoms with Crippen LogP contribution in [0, 0.1) is 13.8 Å².